The minimum absolute atomic E-state index is 0.0844. The van der Waals surface area contributed by atoms with Crippen molar-refractivity contribution >= 4 is 12.0 Å². The van der Waals surface area contributed by atoms with Crippen LogP contribution in [0.15, 0.2) is 72.8 Å². The summed E-state index contributed by atoms with van der Waals surface area (Å²) >= 11 is 0. The van der Waals surface area contributed by atoms with Gasteiger partial charge in [0.05, 0.1) is 18.7 Å². The van der Waals surface area contributed by atoms with E-state index in [1.54, 1.807) is 12.0 Å². The Morgan fingerprint density at radius 2 is 1.58 bits per heavy atom. The molecule has 2 saturated heterocycles. The monoisotopic (exact) mass is 608 g/mol. The zero-order valence-electron chi connectivity index (χ0n) is 26.8. The molecule has 2 fully saturated rings. The molecule has 2 aliphatic heterocycles. The molecule has 1 N–H and O–H groups in total. The highest BCUT2D eigenvalue weighted by Gasteiger charge is 2.37. The maximum atomic E-state index is 13.8. The SMILES string of the molecule is COc1ccc(-c2ccc(C#N)cc2)cc1CN[C@H]1CCN(C(=O)C2CCN(C(=O)OC(C)(C)C)CC2)C[C@H]1c1ccccc1. The van der Waals surface area contributed by atoms with Gasteiger partial charge in [0.15, 0.2) is 0 Å². The average molecular weight is 609 g/mol. The molecule has 2 atom stereocenters. The molecule has 0 aromatic heterocycles. The van der Waals surface area contributed by atoms with Crippen LogP contribution in [0.25, 0.3) is 11.1 Å². The lowest BCUT2D eigenvalue weighted by molar-refractivity contribution is -0.138. The summed E-state index contributed by atoms with van der Waals surface area (Å²) in [6.45, 7) is 8.64. The van der Waals surface area contributed by atoms with E-state index in [0.29, 0.717) is 51.1 Å². The van der Waals surface area contributed by atoms with Gasteiger partial charge in [0.25, 0.3) is 0 Å². The fraction of sp³-hybridized carbons (Fsp3) is 0.432. The van der Waals surface area contributed by atoms with Crippen LogP contribution in [0.5, 0.6) is 5.75 Å². The number of hydrogen-bond donors (Lipinski definition) is 1. The molecule has 2 amide bonds. The van der Waals surface area contributed by atoms with Gasteiger partial charge in [0.1, 0.15) is 11.4 Å². The molecule has 0 aliphatic carbocycles. The van der Waals surface area contributed by atoms with Gasteiger partial charge in [-0.05, 0) is 81.0 Å². The Morgan fingerprint density at radius 1 is 0.911 bits per heavy atom. The average Bonchev–Trinajstić information content (AvgIpc) is 3.06. The van der Waals surface area contributed by atoms with Crippen molar-refractivity contribution in [1.29, 1.82) is 5.26 Å². The standard InChI is InChI=1S/C37H44N4O4/c1-37(2,3)45-36(43)40-19-16-29(17-20-40)35(42)41-21-18-33(32(25-41)28-8-6-5-7-9-28)39-24-31-22-30(14-15-34(31)44-4)27-12-10-26(23-38)11-13-27/h5-15,22,29,32-33,39H,16-21,24-25H2,1-4H3/t32-,33-/m0/s1. The Hall–Kier alpha value is -4.35. The number of piperidine rings is 2. The summed E-state index contributed by atoms with van der Waals surface area (Å²) in [5, 5.41) is 13.0. The van der Waals surface area contributed by atoms with Gasteiger partial charge in [-0.2, -0.15) is 5.26 Å². The quantitative estimate of drug-likeness (QED) is 0.336. The third kappa shape index (κ3) is 8.03. The van der Waals surface area contributed by atoms with Gasteiger partial charge < -0.3 is 24.6 Å². The molecule has 236 valence electrons. The summed E-state index contributed by atoms with van der Waals surface area (Å²) in [7, 11) is 1.69. The summed E-state index contributed by atoms with van der Waals surface area (Å²) in [6.07, 6.45) is 1.84. The van der Waals surface area contributed by atoms with E-state index in [9.17, 15) is 9.59 Å². The molecule has 2 heterocycles. The Labute approximate surface area is 266 Å². The first-order valence-corrected chi connectivity index (χ1v) is 15.9. The molecule has 3 aromatic carbocycles. The van der Waals surface area contributed by atoms with E-state index in [2.05, 4.69) is 41.7 Å². The largest absolute Gasteiger partial charge is 0.496 e. The molecule has 0 spiro atoms. The van der Waals surface area contributed by atoms with Crippen LogP contribution in [0.2, 0.25) is 0 Å². The molecule has 0 saturated carbocycles. The maximum Gasteiger partial charge on any atom is 0.410 e. The molecule has 3 aromatic rings. The molecule has 0 unspecified atom stereocenters. The van der Waals surface area contributed by atoms with Gasteiger partial charge >= 0.3 is 6.09 Å². The molecule has 8 heteroatoms. The number of likely N-dealkylation sites (tertiary alicyclic amines) is 2. The summed E-state index contributed by atoms with van der Waals surface area (Å²) in [4.78, 5) is 30.0. The lowest BCUT2D eigenvalue weighted by atomic mass is 9.84. The van der Waals surface area contributed by atoms with Crippen LogP contribution >= 0.6 is 0 Å². The number of benzene rings is 3. The van der Waals surface area contributed by atoms with Crippen molar-refractivity contribution in [2.75, 3.05) is 33.3 Å². The molecular formula is C37H44N4O4. The summed E-state index contributed by atoms with van der Waals surface area (Å²) in [6, 6.07) is 26.6. The highest BCUT2D eigenvalue weighted by molar-refractivity contribution is 5.79. The van der Waals surface area contributed by atoms with E-state index in [-0.39, 0.29) is 29.9 Å². The minimum atomic E-state index is -0.534. The van der Waals surface area contributed by atoms with Crippen molar-refractivity contribution in [2.24, 2.45) is 5.92 Å². The number of rotatable bonds is 7. The lowest BCUT2D eigenvalue weighted by Crippen LogP contribution is -2.52. The third-order valence-electron chi connectivity index (χ3n) is 8.83. The number of nitriles is 1. The van der Waals surface area contributed by atoms with Crippen LogP contribution in [0.3, 0.4) is 0 Å². The molecule has 0 radical (unpaired) electrons. The zero-order valence-corrected chi connectivity index (χ0v) is 26.8. The fourth-order valence-corrected chi connectivity index (χ4v) is 6.40. The van der Waals surface area contributed by atoms with E-state index < -0.39 is 5.60 Å². The Kier molecular flexibility index (Phi) is 10.1. The first-order valence-electron chi connectivity index (χ1n) is 15.9. The second-order valence-electron chi connectivity index (χ2n) is 13.0. The molecule has 2 aliphatic rings. The van der Waals surface area contributed by atoms with Crippen LogP contribution in [0.4, 0.5) is 4.79 Å². The predicted octanol–water partition coefficient (Wildman–Crippen LogP) is 6.36. The maximum absolute atomic E-state index is 13.8. The second kappa shape index (κ2) is 14.2. The first kappa shape index (κ1) is 32.1. The number of nitrogens with zero attached hydrogens (tertiary/aromatic N) is 3. The van der Waals surface area contributed by atoms with Crippen molar-refractivity contribution in [3.63, 3.8) is 0 Å². The third-order valence-corrected chi connectivity index (χ3v) is 8.83. The minimum Gasteiger partial charge on any atom is -0.496 e. The van der Waals surface area contributed by atoms with Gasteiger partial charge in [0.2, 0.25) is 5.91 Å². The van der Waals surface area contributed by atoms with Crippen LogP contribution in [0, 0.1) is 17.2 Å². The molecule has 8 nitrogen and oxygen atoms in total. The van der Waals surface area contributed by atoms with Crippen LogP contribution in [0.1, 0.15) is 62.6 Å². The number of amides is 2. The number of carbonyl (C=O) groups is 2. The number of hydrogen-bond acceptors (Lipinski definition) is 6. The van der Waals surface area contributed by atoms with Crippen molar-refractivity contribution in [2.45, 2.75) is 64.1 Å². The smallest absolute Gasteiger partial charge is 0.410 e. The van der Waals surface area contributed by atoms with E-state index in [4.69, 9.17) is 14.7 Å². The highest BCUT2D eigenvalue weighted by Crippen LogP contribution is 2.32. The van der Waals surface area contributed by atoms with Gasteiger partial charge in [-0.15, -0.1) is 0 Å². The van der Waals surface area contributed by atoms with Gasteiger partial charge in [-0.3, -0.25) is 4.79 Å². The number of methoxy groups -OCH3 is 1. The predicted molar refractivity (Wildman–Crippen MR) is 175 cm³/mol. The number of ether oxygens (including phenoxy) is 2. The van der Waals surface area contributed by atoms with E-state index in [1.807, 2.05) is 68.1 Å². The topological polar surface area (TPSA) is 94.9 Å². The Balaban J connectivity index is 1.26. The molecule has 45 heavy (non-hydrogen) atoms. The van der Waals surface area contributed by atoms with E-state index in [1.165, 1.54) is 5.56 Å². The Bertz CT molecular complexity index is 1500. The Morgan fingerprint density at radius 3 is 2.22 bits per heavy atom. The van der Waals surface area contributed by atoms with Crippen molar-refractivity contribution < 1.29 is 19.1 Å². The van der Waals surface area contributed by atoms with Crippen molar-refractivity contribution in [1.82, 2.24) is 15.1 Å². The first-order chi connectivity index (χ1) is 21.6. The van der Waals surface area contributed by atoms with E-state index in [0.717, 1.165) is 28.9 Å². The fourth-order valence-electron chi connectivity index (χ4n) is 6.40. The zero-order chi connectivity index (χ0) is 32.0. The summed E-state index contributed by atoms with van der Waals surface area (Å²) in [5.74, 6) is 1.06. The van der Waals surface area contributed by atoms with Crippen molar-refractivity contribution in [3.05, 3.63) is 89.5 Å². The second-order valence-corrected chi connectivity index (χ2v) is 13.0. The van der Waals surface area contributed by atoms with Gasteiger partial charge in [0, 0.05) is 56.2 Å². The van der Waals surface area contributed by atoms with E-state index >= 15 is 0 Å². The van der Waals surface area contributed by atoms with Crippen molar-refractivity contribution in [3.8, 4) is 22.9 Å². The van der Waals surface area contributed by atoms with Crippen LogP contribution in [-0.4, -0.2) is 66.7 Å². The van der Waals surface area contributed by atoms with Gasteiger partial charge in [-0.25, -0.2) is 4.79 Å². The number of nitrogens with one attached hydrogen (secondary N) is 1. The van der Waals surface area contributed by atoms with Crippen LogP contribution in [-0.2, 0) is 16.1 Å². The molecule has 0 bridgehead atoms. The lowest BCUT2D eigenvalue weighted by Gasteiger charge is -2.42. The number of carbonyl (C=O) groups excluding carboxylic acids is 2. The molecular weight excluding hydrogens is 564 g/mol. The normalized spacial score (nSPS) is 19.1. The van der Waals surface area contributed by atoms with Gasteiger partial charge in [-0.1, -0.05) is 48.5 Å². The summed E-state index contributed by atoms with van der Waals surface area (Å²) < 4.78 is 11.3. The molecule has 5 rings (SSSR count). The van der Waals surface area contributed by atoms with Crippen LogP contribution < -0.4 is 10.1 Å². The highest BCUT2D eigenvalue weighted by atomic mass is 16.6. The summed E-state index contributed by atoms with van der Waals surface area (Å²) in [5.41, 5.74) is 4.48.